The molecule has 5 nitrogen and oxygen atoms in total. The third-order valence-electron chi connectivity index (χ3n) is 2.02. The van der Waals surface area contributed by atoms with Crippen molar-refractivity contribution in [3.8, 4) is 0 Å². The summed E-state index contributed by atoms with van der Waals surface area (Å²) in [4.78, 5) is 4.13. The lowest BCUT2D eigenvalue weighted by atomic mass is 10.4. The molecule has 0 amide bonds. The van der Waals surface area contributed by atoms with Crippen LogP contribution in [0.5, 0.6) is 0 Å². The van der Waals surface area contributed by atoms with Gasteiger partial charge in [0.2, 0.25) is 10.0 Å². The summed E-state index contributed by atoms with van der Waals surface area (Å²) in [7, 11) is -0.137. The second-order valence-corrected chi connectivity index (χ2v) is 7.58. The van der Waals surface area contributed by atoms with Crippen molar-refractivity contribution in [3.05, 3.63) is 21.2 Å². The number of hydrogen-bond acceptors (Lipinski definition) is 4. The molecule has 1 heterocycles. The zero-order valence-electron chi connectivity index (χ0n) is 9.44. The molecule has 8 heteroatoms. The van der Waals surface area contributed by atoms with Crippen molar-refractivity contribution in [3.63, 3.8) is 0 Å². The molecular weight excluding hydrogens is 374 g/mol. The van der Waals surface area contributed by atoms with Crippen LogP contribution in [0, 0.1) is 0 Å². The minimum absolute atomic E-state index is 0.0319. The fraction of sp³-hybridized carbons (Fsp3) is 0.444. The van der Waals surface area contributed by atoms with E-state index in [1.165, 1.54) is 18.4 Å². The second kappa shape index (κ2) is 6.12. The largest absolute Gasteiger partial charge is 0.368 e. The Morgan fingerprint density at radius 3 is 2.59 bits per heavy atom. The molecule has 0 aliphatic rings. The highest BCUT2D eigenvalue weighted by Crippen LogP contribution is 2.23. The number of nitrogens with zero attached hydrogens (tertiary/aromatic N) is 2. The van der Waals surface area contributed by atoms with Gasteiger partial charge in [-0.2, -0.15) is 0 Å². The molecule has 0 aromatic carbocycles. The fourth-order valence-corrected chi connectivity index (χ4v) is 2.88. The average molecular weight is 387 g/mol. The summed E-state index contributed by atoms with van der Waals surface area (Å²) in [6, 6.07) is 1.84. The van der Waals surface area contributed by atoms with Gasteiger partial charge in [-0.15, -0.1) is 0 Å². The second-order valence-electron chi connectivity index (χ2n) is 3.51. The van der Waals surface area contributed by atoms with Crippen LogP contribution in [0.15, 0.2) is 21.2 Å². The van der Waals surface area contributed by atoms with Crippen LogP contribution in [0.25, 0.3) is 0 Å². The number of rotatable bonds is 5. The first-order valence-electron chi connectivity index (χ1n) is 4.78. The molecule has 1 aromatic heterocycles. The molecule has 0 aliphatic carbocycles. The smallest absolute Gasteiger partial charge is 0.215 e. The Hall–Kier alpha value is -0.180. The highest BCUT2D eigenvalue weighted by molar-refractivity contribution is 9.11. The molecule has 0 aliphatic heterocycles. The standard InChI is InChI=1S/C9H13Br2N3O2S/c1-14(2)17(15,16)4-3-12-9-8(11)5-7(10)6-13-9/h5-6H,3-4H2,1-2H3,(H,12,13). The number of pyridine rings is 1. The Morgan fingerprint density at radius 1 is 1.41 bits per heavy atom. The van der Waals surface area contributed by atoms with Gasteiger partial charge in [-0.1, -0.05) is 0 Å². The maximum Gasteiger partial charge on any atom is 0.215 e. The normalized spacial score (nSPS) is 11.8. The van der Waals surface area contributed by atoms with Gasteiger partial charge in [0.1, 0.15) is 5.82 Å². The lowest BCUT2D eigenvalue weighted by Gasteiger charge is -2.12. The lowest BCUT2D eigenvalue weighted by Crippen LogP contribution is -2.28. The molecule has 96 valence electrons. The van der Waals surface area contributed by atoms with Crippen molar-refractivity contribution >= 4 is 47.7 Å². The molecule has 0 unspecified atom stereocenters. The van der Waals surface area contributed by atoms with Crippen LogP contribution >= 0.6 is 31.9 Å². The summed E-state index contributed by atoms with van der Waals surface area (Å²) in [5.41, 5.74) is 0. The summed E-state index contributed by atoms with van der Waals surface area (Å²) >= 11 is 6.63. The van der Waals surface area contributed by atoms with E-state index >= 15 is 0 Å². The first-order chi connectivity index (χ1) is 7.83. The van der Waals surface area contributed by atoms with Crippen molar-refractivity contribution in [1.82, 2.24) is 9.29 Å². The van der Waals surface area contributed by atoms with E-state index in [0.29, 0.717) is 12.4 Å². The molecule has 0 saturated heterocycles. The molecule has 0 atom stereocenters. The highest BCUT2D eigenvalue weighted by atomic mass is 79.9. The minimum atomic E-state index is -3.17. The Bertz CT molecular complexity index is 491. The van der Waals surface area contributed by atoms with Crippen molar-refractivity contribution in [2.24, 2.45) is 0 Å². The van der Waals surface area contributed by atoms with Gasteiger partial charge in [-0.3, -0.25) is 0 Å². The fourth-order valence-electron chi connectivity index (χ4n) is 1.03. The van der Waals surface area contributed by atoms with E-state index in [2.05, 4.69) is 42.2 Å². The number of anilines is 1. The Balaban J connectivity index is 2.58. The first-order valence-corrected chi connectivity index (χ1v) is 7.97. The molecule has 0 fully saturated rings. The van der Waals surface area contributed by atoms with Crippen LogP contribution in [0.3, 0.4) is 0 Å². The van der Waals surface area contributed by atoms with Gasteiger partial charge in [0, 0.05) is 31.3 Å². The van der Waals surface area contributed by atoms with Gasteiger partial charge in [0.05, 0.1) is 10.2 Å². The predicted octanol–water partition coefficient (Wildman–Crippen LogP) is 1.91. The number of aromatic nitrogens is 1. The molecule has 1 rings (SSSR count). The number of sulfonamides is 1. The van der Waals surface area contributed by atoms with Crippen LogP contribution in [0.4, 0.5) is 5.82 Å². The Morgan fingerprint density at radius 2 is 2.06 bits per heavy atom. The lowest BCUT2D eigenvalue weighted by molar-refractivity contribution is 0.521. The van der Waals surface area contributed by atoms with Crippen LogP contribution < -0.4 is 5.32 Å². The van der Waals surface area contributed by atoms with Crippen molar-refractivity contribution < 1.29 is 8.42 Å². The molecule has 0 spiro atoms. The Kier molecular flexibility index (Phi) is 5.36. The average Bonchev–Trinajstić information content (AvgIpc) is 2.21. The van der Waals surface area contributed by atoms with Crippen LogP contribution in [-0.4, -0.2) is 44.1 Å². The first kappa shape index (κ1) is 14.9. The summed E-state index contributed by atoms with van der Waals surface area (Å²) in [5, 5.41) is 2.97. The third kappa shape index (κ3) is 4.53. The summed E-state index contributed by atoms with van der Waals surface area (Å²) < 4.78 is 25.9. The maximum absolute atomic E-state index is 11.5. The van der Waals surface area contributed by atoms with Crippen molar-refractivity contribution in [2.45, 2.75) is 0 Å². The third-order valence-corrected chi connectivity index (χ3v) is 4.89. The predicted molar refractivity (Wildman–Crippen MR) is 75.6 cm³/mol. The van der Waals surface area contributed by atoms with E-state index in [4.69, 9.17) is 0 Å². The van der Waals surface area contributed by atoms with Gasteiger partial charge in [-0.05, 0) is 37.9 Å². The van der Waals surface area contributed by atoms with Gasteiger partial charge in [0.25, 0.3) is 0 Å². The molecule has 1 N–H and O–H groups in total. The number of halogens is 2. The maximum atomic E-state index is 11.5. The van der Waals surface area contributed by atoms with E-state index in [0.717, 1.165) is 8.95 Å². The minimum Gasteiger partial charge on any atom is -0.368 e. The molecule has 17 heavy (non-hydrogen) atoms. The Labute approximate surface area is 118 Å². The van der Waals surface area contributed by atoms with Gasteiger partial charge < -0.3 is 5.32 Å². The van der Waals surface area contributed by atoms with Gasteiger partial charge >= 0.3 is 0 Å². The topological polar surface area (TPSA) is 62.3 Å². The highest BCUT2D eigenvalue weighted by Gasteiger charge is 2.13. The van der Waals surface area contributed by atoms with E-state index in [1.807, 2.05) is 6.07 Å². The van der Waals surface area contributed by atoms with Crippen LogP contribution in [0.2, 0.25) is 0 Å². The molecular formula is C9H13Br2N3O2S. The van der Waals surface area contributed by atoms with Crippen molar-refractivity contribution in [2.75, 3.05) is 31.7 Å². The molecule has 0 radical (unpaired) electrons. The van der Waals surface area contributed by atoms with E-state index in [-0.39, 0.29) is 5.75 Å². The van der Waals surface area contributed by atoms with E-state index < -0.39 is 10.0 Å². The van der Waals surface area contributed by atoms with E-state index in [1.54, 1.807) is 6.20 Å². The monoisotopic (exact) mass is 385 g/mol. The summed E-state index contributed by atoms with van der Waals surface area (Å²) in [5.74, 6) is 0.659. The van der Waals surface area contributed by atoms with Crippen molar-refractivity contribution in [1.29, 1.82) is 0 Å². The molecule has 0 saturated carbocycles. The van der Waals surface area contributed by atoms with Gasteiger partial charge in [0.15, 0.2) is 0 Å². The molecule has 1 aromatic rings. The van der Waals surface area contributed by atoms with Gasteiger partial charge in [-0.25, -0.2) is 17.7 Å². The summed E-state index contributed by atoms with van der Waals surface area (Å²) in [6.45, 7) is 0.313. The van der Waals surface area contributed by atoms with Crippen LogP contribution in [0.1, 0.15) is 0 Å². The zero-order chi connectivity index (χ0) is 13.1. The number of nitrogens with one attached hydrogen (secondary N) is 1. The number of hydrogen-bond donors (Lipinski definition) is 1. The molecule has 0 bridgehead atoms. The zero-order valence-corrected chi connectivity index (χ0v) is 13.4. The van der Waals surface area contributed by atoms with Crippen LogP contribution in [-0.2, 0) is 10.0 Å². The SMILES string of the molecule is CN(C)S(=O)(=O)CCNc1ncc(Br)cc1Br. The van der Waals surface area contributed by atoms with E-state index in [9.17, 15) is 8.42 Å². The quantitative estimate of drug-likeness (QED) is 0.839. The summed E-state index contributed by atoms with van der Waals surface area (Å²) in [6.07, 6.45) is 1.65.